The van der Waals surface area contributed by atoms with Crippen LogP contribution < -0.4 is 0 Å². The second-order valence-corrected chi connectivity index (χ2v) is 16.3. The lowest BCUT2D eigenvalue weighted by Crippen LogP contribution is -2.60. The normalized spacial score (nSPS) is 20.9. The Morgan fingerprint density at radius 1 is 0.650 bits per heavy atom. The van der Waals surface area contributed by atoms with E-state index in [2.05, 4.69) is 90.9 Å². The van der Waals surface area contributed by atoms with E-state index in [1.807, 2.05) is 0 Å². The van der Waals surface area contributed by atoms with Gasteiger partial charge in [0.2, 0.25) is 0 Å². The molecular formula is C47H80O12S. The van der Waals surface area contributed by atoms with Gasteiger partial charge in [-0.1, -0.05) is 157 Å². The third-order valence-electron chi connectivity index (χ3n) is 9.84. The Bertz CT molecular complexity index is 1330. The van der Waals surface area contributed by atoms with Crippen LogP contribution in [0.3, 0.4) is 0 Å². The molecule has 0 aromatic heterocycles. The number of carbonyl (C=O) groups is 1. The zero-order valence-corrected chi connectivity index (χ0v) is 37.6. The molecule has 1 aliphatic rings. The molecule has 1 fully saturated rings. The lowest BCUT2D eigenvalue weighted by atomic mass is 9.99. The van der Waals surface area contributed by atoms with E-state index in [-0.39, 0.29) is 19.6 Å². The van der Waals surface area contributed by atoms with E-state index in [0.717, 1.165) is 96.3 Å². The van der Waals surface area contributed by atoms with Crippen molar-refractivity contribution in [2.45, 2.75) is 192 Å². The molecule has 0 spiro atoms. The largest absolute Gasteiger partial charge is 0.457 e. The molecule has 0 radical (unpaired) electrons. The number of rotatable bonds is 38. The van der Waals surface area contributed by atoms with E-state index in [9.17, 15) is 28.5 Å². The highest BCUT2D eigenvalue weighted by molar-refractivity contribution is 7.80. The fourth-order valence-electron chi connectivity index (χ4n) is 6.44. The number of aliphatic hydroxyl groups excluding tert-OH is 3. The summed E-state index contributed by atoms with van der Waals surface area (Å²) in [7, 11) is -5.06. The minimum absolute atomic E-state index is 0.0266. The van der Waals surface area contributed by atoms with Crippen molar-refractivity contribution in [2.75, 3.05) is 26.4 Å². The van der Waals surface area contributed by atoms with E-state index in [4.69, 9.17) is 23.5 Å². The zero-order chi connectivity index (χ0) is 43.9. The Labute approximate surface area is 362 Å². The molecule has 6 atom stereocenters. The number of hydrogen-bond donors (Lipinski definition) is 4. The Kier molecular flexibility index (Phi) is 35.4. The molecule has 1 heterocycles. The van der Waals surface area contributed by atoms with Crippen molar-refractivity contribution in [3.63, 3.8) is 0 Å². The Morgan fingerprint density at radius 2 is 1.15 bits per heavy atom. The molecule has 12 nitrogen and oxygen atoms in total. The summed E-state index contributed by atoms with van der Waals surface area (Å²) in [5.74, 6) is -0.418. The number of esters is 1. The lowest BCUT2D eigenvalue weighted by Gasteiger charge is -2.41. The maximum atomic E-state index is 12.8. The summed E-state index contributed by atoms with van der Waals surface area (Å²) in [6.07, 6.45) is 39.5. The first kappa shape index (κ1) is 55.6. The van der Waals surface area contributed by atoms with Crippen molar-refractivity contribution in [3.8, 4) is 0 Å². The van der Waals surface area contributed by atoms with Gasteiger partial charge in [-0.15, -0.1) is 0 Å². The third kappa shape index (κ3) is 31.4. The maximum absolute atomic E-state index is 12.8. The quantitative estimate of drug-likeness (QED) is 0.0200. The van der Waals surface area contributed by atoms with Crippen LogP contribution in [0, 0.1) is 0 Å². The molecule has 346 valence electrons. The van der Waals surface area contributed by atoms with Crippen LogP contribution in [0.1, 0.15) is 155 Å². The summed E-state index contributed by atoms with van der Waals surface area (Å²) in [5, 5.41) is 30.6. The predicted octanol–water partition coefficient (Wildman–Crippen LogP) is 9.52. The van der Waals surface area contributed by atoms with E-state index >= 15 is 0 Å². The van der Waals surface area contributed by atoms with Gasteiger partial charge in [0.15, 0.2) is 6.29 Å². The van der Waals surface area contributed by atoms with Crippen LogP contribution in [-0.4, -0.2) is 97.5 Å². The van der Waals surface area contributed by atoms with E-state index in [1.54, 1.807) is 0 Å². The summed E-state index contributed by atoms with van der Waals surface area (Å²) >= 11 is 0. The molecule has 1 rings (SSSR count). The van der Waals surface area contributed by atoms with Gasteiger partial charge in [-0.3, -0.25) is 9.35 Å². The third-order valence-corrected chi connectivity index (χ3v) is 10.3. The fraction of sp³-hybridized carbons (Fsp3) is 0.723. The van der Waals surface area contributed by atoms with Crippen LogP contribution >= 0.6 is 0 Å². The van der Waals surface area contributed by atoms with Crippen LogP contribution in [0.25, 0.3) is 0 Å². The molecule has 0 aromatic carbocycles. The molecule has 0 aliphatic carbocycles. The van der Waals surface area contributed by atoms with Crippen LogP contribution in [0.4, 0.5) is 0 Å². The van der Waals surface area contributed by atoms with Crippen LogP contribution in [-0.2, 0) is 38.3 Å². The average Bonchev–Trinajstić information content (AvgIpc) is 3.22. The summed E-state index contributed by atoms with van der Waals surface area (Å²) in [5.41, 5.74) is 0. The van der Waals surface area contributed by atoms with Gasteiger partial charge in [-0.05, 0) is 64.2 Å². The Morgan fingerprint density at radius 3 is 1.68 bits per heavy atom. The van der Waals surface area contributed by atoms with Crippen LogP contribution in [0.5, 0.6) is 0 Å². The van der Waals surface area contributed by atoms with Gasteiger partial charge in [-0.25, -0.2) is 4.18 Å². The van der Waals surface area contributed by atoms with Gasteiger partial charge in [0.05, 0.1) is 19.8 Å². The summed E-state index contributed by atoms with van der Waals surface area (Å²) in [6, 6.07) is 0. The molecule has 0 bridgehead atoms. The minimum atomic E-state index is -5.06. The average molecular weight is 869 g/mol. The molecule has 6 unspecified atom stereocenters. The SMILES string of the molecule is CC/C=C\C/C=C\C/C=C\C/C=C\C/C=C\C/C=C\CCCCCCCCC(=O)OC(COCCCCCCCCCC)COC1OC(CO)C(O)C(OS(=O)(=O)O)C1O. The standard InChI is InChI=1S/C47H80O12S/c1-3-5-7-9-11-13-14-15-16-17-18-19-20-21-22-23-24-25-26-27-28-29-30-32-34-36-43(49)57-41(39-55-37-35-33-31-12-10-8-6-4-2)40-56-47-45(51)46(59-60(52,53)54)44(50)42(38-48)58-47/h5,7,11,13,15-16,18-19,21-22,24-25,41-42,44-48,50-51H,3-4,6,8-10,12,14,17,20,23,26-40H2,1-2H3,(H,52,53,54)/b7-5-,13-11-,16-15-,19-18-,22-21-,25-24-. The number of carbonyl (C=O) groups excluding carboxylic acids is 1. The van der Waals surface area contributed by atoms with Gasteiger partial charge in [0, 0.05) is 13.0 Å². The first-order valence-electron chi connectivity index (χ1n) is 22.7. The highest BCUT2D eigenvalue weighted by Crippen LogP contribution is 2.26. The van der Waals surface area contributed by atoms with Crippen molar-refractivity contribution in [2.24, 2.45) is 0 Å². The lowest BCUT2D eigenvalue weighted by molar-refractivity contribution is -0.301. The predicted molar refractivity (Wildman–Crippen MR) is 239 cm³/mol. The van der Waals surface area contributed by atoms with Crippen LogP contribution in [0.15, 0.2) is 72.9 Å². The second kappa shape index (κ2) is 38.2. The molecule has 13 heteroatoms. The Hall–Kier alpha value is -2.46. The summed E-state index contributed by atoms with van der Waals surface area (Å²) in [4.78, 5) is 12.8. The topological polar surface area (TPSA) is 178 Å². The molecule has 1 aliphatic heterocycles. The number of aliphatic hydroxyl groups is 3. The zero-order valence-electron chi connectivity index (χ0n) is 36.7. The van der Waals surface area contributed by atoms with Gasteiger partial charge >= 0.3 is 16.4 Å². The van der Waals surface area contributed by atoms with E-state index in [0.29, 0.717) is 13.0 Å². The highest BCUT2D eigenvalue weighted by atomic mass is 32.3. The molecule has 0 aromatic rings. The summed E-state index contributed by atoms with van der Waals surface area (Å²) in [6.45, 7) is 3.80. The van der Waals surface area contributed by atoms with Crippen molar-refractivity contribution in [1.82, 2.24) is 0 Å². The van der Waals surface area contributed by atoms with Gasteiger partial charge in [0.1, 0.15) is 30.5 Å². The fourth-order valence-corrected chi connectivity index (χ4v) is 6.95. The van der Waals surface area contributed by atoms with Crippen molar-refractivity contribution in [3.05, 3.63) is 72.9 Å². The first-order valence-corrected chi connectivity index (χ1v) is 24.1. The van der Waals surface area contributed by atoms with Crippen molar-refractivity contribution >= 4 is 16.4 Å². The molecule has 4 N–H and O–H groups in total. The van der Waals surface area contributed by atoms with E-state index < -0.39 is 59.8 Å². The summed E-state index contributed by atoms with van der Waals surface area (Å²) < 4.78 is 58.9. The number of hydrogen-bond acceptors (Lipinski definition) is 11. The Balaban J connectivity index is 2.35. The molecular weight excluding hydrogens is 789 g/mol. The molecule has 0 saturated carbocycles. The van der Waals surface area contributed by atoms with Gasteiger partial charge < -0.3 is 34.3 Å². The monoisotopic (exact) mass is 869 g/mol. The molecule has 60 heavy (non-hydrogen) atoms. The van der Waals surface area contributed by atoms with E-state index in [1.165, 1.54) is 32.1 Å². The number of allylic oxidation sites excluding steroid dienone is 12. The number of ether oxygens (including phenoxy) is 4. The van der Waals surface area contributed by atoms with Gasteiger partial charge in [-0.2, -0.15) is 8.42 Å². The minimum Gasteiger partial charge on any atom is -0.457 e. The maximum Gasteiger partial charge on any atom is 0.397 e. The molecule has 1 saturated heterocycles. The van der Waals surface area contributed by atoms with Crippen molar-refractivity contribution < 1.29 is 56.2 Å². The first-order chi connectivity index (χ1) is 29.1. The van der Waals surface area contributed by atoms with Crippen molar-refractivity contribution in [1.29, 1.82) is 0 Å². The smallest absolute Gasteiger partial charge is 0.397 e. The molecule has 0 amide bonds. The highest BCUT2D eigenvalue weighted by Gasteiger charge is 2.48. The van der Waals surface area contributed by atoms with Crippen LogP contribution in [0.2, 0.25) is 0 Å². The second-order valence-electron chi connectivity index (χ2n) is 15.3. The number of unbranched alkanes of at least 4 members (excludes halogenated alkanes) is 13. The van der Waals surface area contributed by atoms with Gasteiger partial charge in [0.25, 0.3) is 0 Å².